The number of rotatable bonds is 2. The normalized spacial score (nSPS) is 9.46. The van der Waals surface area contributed by atoms with Crippen LogP contribution < -0.4 is 7.85 Å². The fourth-order valence-corrected chi connectivity index (χ4v) is 1.22. The van der Waals surface area contributed by atoms with Gasteiger partial charge in [-0.15, -0.1) is 0 Å². The fraction of sp³-hybridized carbons (Fsp3) is 0.222. The van der Waals surface area contributed by atoms with Crippen LogP contribution in [-0.4, -0.2) is 13.0 Å². The lowest BCUT2D eigenvalue weighted by molar-refractivity contribution is -0.115. The van der Waals surface area contributed by atoms with E-state index in [-0.39, 0.29) is 5.91 Å². The minimum Gasteiger partial charge on any atom is -0.497 e. The molecule has 0 heterocycles. The summed E-state index contributed by atoms with van der Waals surface area (Å²) in [6.45, 7) is 1.52. The quantitative estimate of drug-likeness (QED) is 0.618. The molecular weight excluding hydrogens is 281 g/mol. The van der Waals surface area contributed by atoms with E-state index >= 15 is 0 Å². The van der Waals surface area contributed by atoms with Crippen LogP contribution in [-0.2, 0) is 4.79 Å². The van der Waals surface area contributed by atoms with Crippen molar-refractivity contribution in [3.8, 4) is 5.75 Å². The maximum absolute atomic E-state index is 11.0. The summed E-state index contributed by atoms with van der Waals surface area (Å²) in [7, 11) is 1.61. The molecule has 4 heteroatoms. The van der Waals surface area contributed by atoms with Crippen molar-refractivity contribution in [1.29, 1.82) is 0 Å². The third-order valence-electron chi connectivity index (χ3n) is 1.58. The number of carbonyl (C=O) groups is 1. The van der Waals surface area contributed by atoms with Gasteiger partial charge in [-0.1, -0.05) is 0 Å². The van der Waals surface area contributed by atoms with E-state index in [1.807, 2.05) is 47.1 Å². The molecule has 1 amide bonds. The van der Waals surface area contributed by atoms with Gasteiger partial charge < -0.3 is 4.74 Å². The van der Waals surface area contributed by atoms with Gasteiger partial charge in [-0.3, -0.25) is 7.91 Å². The SMILES string of the molecule is COc1ccc(N(I)C(C)=O)cc1. The van der Waals surface area contributed by atoms with E-state index in [1.54, 1.807) is 10.2 Å². The van der Waals surface area contributed by atoms with Gasteiger partial charge in [0.15, 0.2) is 0 Å². The molecule has 13 heavy (non-hydrogen) atoms. The topological polar surface area (TPSA) is 29.5 Å². The minimum atomic E-state index is 0.00534. The fourth-order valence-electron chi connectivity index (χ4n) is 0.895. The monoisotopic (exact) mass is 291 g/mol. The second kappa shape index (κ2) is 4.45. The first-order valence-corrected chi connectivity index (χ1v) is 4.72. The molecule has 0 unspecified atom stereocenters. The first-order chi connectivity index (χ1) is 6.15. The average Bonchev–Trinajstić information content (AvgIpc) is 2.17. The number of halogens is 1. The molecule has 0 saturated heterocycles. The van der Waals surface area contributed by atoms with Gasteiger partial charge in [-0.25, -0.2) is 0 Å². The molecule has 3 nitrogen and oxygen atoms in total. The molecule has 1 aromatic carbocycles. The van der Waals surface area contributed by atoms with E-state index in [1.165, 1.54) is 6.92 Å². The highest BCUT2D eigenvalue weighted by molar-refractivity contribution is 14.1. The maximum Gasteiger partial charge on any atom is 0.232 e. The molecule has 0 aliphatic rings. The Bertz CT molecular complexity index is 297. The van der Waals surface area contributed by atoms with Crippen molar-refractivity contribution in [2.45, 2.75) is 6.92 Å². The summed E-state index contributed by atoms with van der Waals surface area (Å²) >= 11 is 1.96. The van der Waals surface area contributed by atoms with Crippen LogP contribution >= 0.6 is 22.9 Å². The van der Waals surface area contributed by atoms with Gasteiger partial charge in [0.2, 0.25) is 5.91 Å². The molecular formula is C9H10INO2. The van der Waals surface area contributed by atoms with E-state index < -0.39 is 0 Å². The number of nitrogens with zero attached hydrogens (tertiary/aromatic N) is 1. The highest BCUT2D eigenvalue weighted by Crippen LogP contribution is 2.21. The van der Waals surface area contributed by atoms with Gasteiger partial charge in [0.05, 0.1) is 35.7 Å². The van der Waals surface area contributed by atoms with Crippen LogP contribution in [0.4, 0.5) is 5.69 Å². The van der Waals surface area contributed by atoms with Crippen LogP contribution in [0.3, 0.4) is 0 Å². The number of anilines is 1. The summed E-state index contributed by atoms with van der Waals surface area (Å²) < 4.78 is 6.56. The van der Waals surface area contributed by atoms with E-state index in [2.05, 4.69) is 0 Å². The van der Waals surface area contributed by atoms with Crippen LogP contribution in [0.2, 0.25) is 0 Å². The lowest BCUT2D eigenvalue weighted by atomic mass is 10.3. The van der Waals surface area contributed by atoms with E-state index in [0.29, 0.717) is 0 Å². The Morgan fingerprint density at radius 2 is 1.92 bits per heavy atom. The summed E-state index contributed by atoms with van der Waals surface area (Å²) in [4.78, 5) is 11.0. The second-order valence-electron chi connectivity index (χ2n) is 2.50. The summed E-state index contributed by atoms with van der Waals surface area (Å²) in [5.74, 6) is 0.794. The van der Waals surface area contributed by atoms with Gasteiger partial charge in [0.25, 0.3) is 0 Å². The Morgan fingerprint density at radius 1 is 1.38 bits per heavy atom. The number of hydrogen-bond acceptors (Lipinski definition) is 2. The van der Waals surface area contributed by atoms with Crippen molar-refractivity contribution in [2.75, 3.05) is 10.2 Å². The molecule has 1 aromatic rings. The number of benzene rings is 1. The molecule has 0 radical (unpaired) electrons. The molecule has 0 aliphatic carbocycles. The molecule has 0 fully saturated rings. The molecule has 70 valence electrons. The Labute approximate surface area is 91.2 Å². The third kappa shape index (κ3) is 2.58. The van der Waals surface area contributed by atoms with Crippen molar-refractivity contribution >= 4 is 34.5 Å². The van der Waals surface area contributed by atoms with Crippen LogP contribution in [0, 0.1) is 0 Å². The van der Waals surface area contributed by atoms with Crippen LogP contribution in [0.5, 0.6) is 5.75 Å². The number of carbonyl (C=O) groups excluding carboxylic acids is 1. The molecule has 0 atom stereocenters. The molecule has 0 saturated carbocycles. The van der Waals surface area contributed by atoms with Crippen LogP contribution in [0.15, 0.2) is 24.3 Å². The third-order valence-corrected chi connectivity index (χ3v) is 2.81. The Kier molecular flexibility index (Phi) is 3.53. The first-order valence-electron chi connectivity index (χ1n) is 3.75. The first kappa shape index (κ1) is 10.3. The van der Waals surface area contributed by atoms with Crippen molar-refractivity contribution in [3.63, 3.8) is 0 Å². The molecule has 0 bridgehead atoms. The van der Waals surface area contributed by atoms with E-state index in [9.17, 15) is 4.79 Å². The zero-order chi connectivity index (χ0) is 9.84. The second-order valence-corrected chi connectivity index (χ2v) is 3.46. The Balaban J connectivity index is 2.85. The smallest absolute Gasteiger partial charge is 0.232 e. The van der Waals surface area contributed by atoms with Crippen molar-refractivity contribution in [1.82, 2.24) is 0 Å². The van der Waals surface area contributed by atoms with Crippen LogP contribution in [0.1, 0.15) is 6.92 Å². The average molecular weight is 291 g/mol. The molecule has 0 spiro atoms. The molecule has 1 rings (SSSR count). The molecule has 0 N–H and O–H groups in total. The lowest BCUT2D eigenvalue weighted by Crippen LogP contribution is -2.15. The maximum atomic E-state index is 11.0. The summed E-state index contributed by atoms with van der Waals surface area (Å²) in [6, 6.07) is 7.33. The van der Waals surface area contributed by atoms with Crippen LogP contribution in [0.25, 0.3) is 0 Å². The zero-order valence-corrected chi connectivity index (χ0v) is 9.61. The van der Waals surface area contributed by atoms with Gasteiger partial charge in [0.1, 0.15) is 5.75 Å². The molecule has 0 aromatic heterocycles. The van der Waals surface area contributed by atoms with E-state index in [4.69, 9.17) is 4.74 Å². The number of amides is 1. The van der Waals surface area contributed by atoms with Crippen molar-refractivity contribution in [3.05, 3.63) is 24.3 Å². The predicted octanol–water partition coefficient (Wildman–Crippen LogP) is 2.40. The van der Waals surface area contributed by atoms with Gasteiger partial charge in [-0.05, 0) is 24.3 Å². The summed E-state index contributed by atoms with van der Waals surface area (Å²) in [6.07, 6.45) is 0. The Hall–Kier alpha value is -0.780. The van der Waals surface area contributed by atoms with Crippen molar-refractivity contribution < 1.29 is 9.53 Å². The molecule has 0 aliphatic heterocycles. The standard InChI is InChI=1S/C9H10INO2/c1-7(12)11(10)8-3-5-9(13-2)6-4-8/h3-6H,1-2H3. The van der Waals surface area contributed by atoms with E-state index in [0.717, 1.165) is 11.4 Å². The summed E-state index contributed by atoms with van der Waals surface area (Å²) in [5, 5.41) is 0. The Morgan fingerprint density at radius 3 is 2.31 bits per heavy atom. The van der Waals surface area contributed by atoms with Crippen molar-refractivity contribution in [2.24, 2.45) is 0 Å². The number of ether oxygens (including phenoxy) is 1. The van der Waals surface area contributed by atoms with Gasteiger partial charge in [-0.2, -0.15) is 0 Å². The summed E-state index contributed by atoms with van der Waals surface area (Å²) in [5.41, 5.74) is 0.855. The zero-order valence-electron chi connectivity index (χ0n) is 7.45. The minimum absolute atomic E-state index is 0.00534. The largest absolute Gasteiger partial charge is 0.497 e. The predicted molar refractivity (Wildman–Crippen MR) is 60.2 cm³/mol. The van der Waals surface area contributed by atoms with Gasteiger partial charge >= 0.3 is 0 Å². The lowest BCUT2D eigenvalue weighted by Gasteiger charge is -2.11. The number of methoxy groups -OCH3 is 1. The van der Waals surface area contributed by atoms with Gasteiger partial charge in [0, 0.05) is 6.92 Å². The number of hydrogen-bond donors (Lipinski definition) is 0. The highest BCUT2D eigenvalue weighted by atomic mass is 127. The highest BCUT2D eigenvalue weighted by Gasteiger charge is 2.06.